The molecule has 30 heavy (non-hydrogen) atoms. The molecule has 3 rings (SSSR count). The molecule has 154 valence electrons. The molecular weight excluding hydrogens is 384 g/mol. The van der Waals surface area contributed by atoms with Crippen molar-refractivity contribution in [2.45, 2.75) is 13.8 Å². The molecule has 8 heteroatoms. The molecule has 1 aromatic heterocycles. The molecule has 0 radical (unpaired) electrons. The van der Waals surface area contributed by atoms with Crippen molar-refractivity contribution < 1.29 is 14.3 Å². The molecule has 1 heterocycles. The molecule has 8 nitrogen and oxygen atoms in total. The number of carbonyl (C=O) groups is 1. The number of benzene rings is 2. The first kappa shape index (κ1) is 20.8. The van der Waals surface area contributed by atoms with E-state index in [1.807, 2.05) is 44.2 Å². The molecule has 3 aromatic rings. The van der Waals surface area contributed by atoms with E-state index in [0.29, 0.717) is 36.0 Å². The van der Waals surface area contributed by atoms with E-state index >= 15 is 0 Å². The lowest BCUT2D eigenvalue weighted by Gasteiger charge is -2.10. The standard InChI is InChI=1S/C22H22N4O4/c1-3-29-17-11-10-16(20(12-17)30-4-2)14-23-26-21(27)19-13-18(24-22(28)25-19)15-8-6-5-7-9-15/h5-14H,3-4H2,1-2H3,(H,26,27)(H,24,25,28)/b23-14+. The minimum atomic E-state index is -0.615. The van der Waals surface area contributed by atoms with E-state index in [-0.39, 0.29) is 5.69 Å². The molecule has 0 unspecified atom stereocenters. The van der Waals surface area contributed by atoms with Gasteiger partial charge in [-0.05, 0) is 32.0 Å². The average molecular weight is 406 g/mol. The van der Waals surface area contributed by atoms with Crippen LogP contribution in [0.5, 0.6) is 11.5 Å². The molecule has 0 atom stereocenters. The van der Waals surface area contributed by atoms with Gasteiger partial charge in [-0.15, -0.1) is 0 Å². The summed E-state index contributed by atoms with van der Waals surface area (Å²) in [7, 11) is 0. The van der Waals surface area contributed by atoms with E-state index in [4.69, 9.17) is 9.47 Å². The topological polar surface area (TPSA) is 106 Å². The van der Waals surface area contributed by atoms with Gasteiger partial charge < -0.3 is 14.5 Å². The summed E-state index contributed by atoms with van der Waals surface area (Å²) in [6, 6.07) is 16.0. The van der Waals surface area contributed by atoms with Gasteiger partial charge in [0.25, 0.3) is 5.91 Å². The maximum Gasteiger partial charge on any atom is 0.346 e. The van der Waals surface area contributed by atoms with Crippen molar-refractivity contribution in [2.75, 3.05) is 13.2 Å². The predicted molar refractivity (Wildman–Crippen MR) is 114 cm³/mol. The van der Waals surface area contributed by atoms with Gasteiger partial charge in [0, 0.05) is 17.2 Å². The van der Waals surface area contributed by atoms with Crippen LogP contribution in [0.2, 0.25) is 0 Å². The first-order valence-corrected chi connectivity index (χ1v) is 9.50. The van der Waals surface area contributed by atoms with Gasteiger partial charge in [0.05, 0.1) is 25.1 Å². The van der Waals surface area contributed by atoms with E-state index in [9.17, 15) is 9.59 Å². The Balaban J connectivity index is 1.76. The van der Waals surface area contributed by atoms with Crippen LogP contribution in [0.4, 0.5) is 0 Å². The largest absolute Gasteiger partial charge is 0.494 e. The summed E-state index contributed by atoms with van der Waals surface area (Å²) in [6.45, 7) is 4.80. The monoisotopic (exact) mass is 406 g/mol. The first-order valence-electron chi connectivity index (χ1n) is 9.50. The molecule has 0 spiro atoms. The number of amides is 1. The smallest absolute Gasteiger partial charge is 0.346 e. The summed E-state index contributed by atoms with van der Waals surface area (Å²) < 4.78 is 11.1. The van der Waals surface area contributed by atoms with Crippen molar-refractivity contribution in [1.29, 1.82) is 0 Å². The predicted octanol–water partition coefficient (Wildman–Crippen LogP) is 3.00. The highest BCUT2D eigenvalue weighted by molar-refractivity contribution is 5.94. The van der Waals surface area contributed by atoms with Crippen molar-refractivity contribution in [3.8, 4) is 22.8 Å². The highest BCUT2D eigenvalue weighted by atomic mass is 16.5. The fraction of sp³-hybridized carbons (Fsp3) is 0.182. The van der Waals surface area contributed by atoms with E-state index in [2.05, 4.69) is 20.5 Å². The minimum Gasteiger partial charge on any atom is -0.494 e. The molecule has 0 saturated carbocycles. The summed E-state index contributed by atoms with van der Waals surface area (Å²) >= 11 is 0. The van der Waals surface area contributed by atoms with Crippen LogP contribution in [0, 0.1) is 0 Å². The molecule has 0 aliphatic heterocycles. The fourth-order valence-electron chi connectivity index (χ4n) is 2.72. The second-order valence-corrected chi connectivity index (χ2v) is 6.12. The number of carbonyl (C=O) groups excluding carboxylic acids is 1. The van der Waals surface area contributed by atoms with Gasteiger partial charge in [-0.3, -0.25) is 4.79 Å². The zero-order valence-corrected chi connectivity index (χ0v) is 16.7. The summed E-state index contributed by atoms with van der Waals surface area (Å²) in [5, 5.41) is 3.98. The van der Waals surface area contributed by atoms with Gasteiger partial charge in [-0.2, -0.15) is 10.1 Å². The Labute approximate surface area is 173 Å². The zero-order chi connectivity index (χ0) is 21.3. The highest BCUT2D eigenvalue weighted by Gasteiger charge is 2.10. The number of aromatic nitrogens is 2. The number of H-pyrrole nitrogens is 1. The van der Waals surface area contributed by atoms with Gasteiger partial charge in [-0.25, -0.2) is 10.2 Å². The van der Waals surface area contributed by atoms with Gasteiger partial charge in [-0.1, -0.05) is 30.3 Å². The summed E-state index contributed by atoms with van der Waals surface area (Å²) in [6.07, 6.45) is 1.47. The van der Waals surface area contributed by atoms with Crippen LogP contribution in [-0.4, -0.2) is 35.3 Å². The minimum absolute atomic E-state index is 0.0581. The summed E-state index contributed by atoms with van der Waals surface area (Å²) in [4.78, 5) is 30.7. The number of hydrogen-bond donors (Lipinski definition) is 2. The lowest BCUT2D eigenvalue weighted by atomic mass is 10.1. The normalized spacial score (nSPS) is 10.7. The maximum absolute atomic E-state index is 12.4. The number of ether oxygens (including phenoxy) is 2. The van der Waals surface area contributed by atoms with Crippen molar-refractivity contribution in [1.82, 2.24) is 15.4 Å². The van der Waals surface area contributed by atoms with Crippen molar-refractivity contribution in [2.24, 2.45) is 5.10 Å². The maximum atomic E-state index is 12.4. The number of rotatable bonds is 8. The molecule has 0 aliphatic rings. The third kappa shape index (κ3) is 5.32. The summed E-state index contributed by atoms with van der Waals surface area (Å²) in [5.74, 6) is 0.710. The SMILES string of the molecule is CCOc1ccc(/C=N/NC(=O)c2cc(-c3ccccc3)nc(=O)[nH]2)c(OCC)c1. The van der Waals surface area contributed by atoms with E-state index in [1.165, 1.54) is 12.3 Å². The molecule has 0 aliphatic carbocycles. The molecule has 0 saturated heterocycles. The van der Waals surface area contributed by atoms with E-state index in [1.54, 1.807) is 18.2 Å². The molecule has 0 bridgehead atoms. The number of nitrogens with zero attached hydrogens (tertiary/aromatic N) is 2. The van der Waals surface area contributed by atoms with Crippen LogP contribution in [-0.2, 0) is 0 Å². The summed E-state index contributed by atoms with van der Waals surface area (Å²) in [5.41, 5.74) is 3.66. The number of hydrogen-bond acceptors (Lipinski definition) is 6. The van der Waals surface area contributed by atoms with Gasteiger partial charge in [0.15, 0.2) is 0 Å². The third-order valence-corrected chi connectivity index (χ3v) is 4.02. The van der Waals surface area contributed by atoms with Crippen LogP contribution >= 0.6 is 0 Å². The van der Waals surface area contributed by atoms with Gasteiger partial charge in [0.2, 0.25) is 0 Å². The van der Waals surface area contributed by atoms with Gasteiger partial charge in [0.1, 0.15) is 17.2 Å². The van der Waals surface area contributed by atoms with Crippen LogP contribution in [0.15, 0.2) is 64.5 Å². The lowest BCUT2D eigenvalue weighted by Crippen LogP contribution is -2.24. The third-order valence-electron chi connectivity index (χ3n) is 4.02. The van der Waals surface area contributed by atoms with Crippen LogP contribution in [0.1, 0.15) is 29.9 Å². The molecule has 1 amide bonds. The van der Waals surface area contributed by atoms with E-state index in [0.717, 1.165) is 5.56 Å². The molecular formula is C22H22N4O4. The lowest BCUT2D eigenvalue weighted by molar-refractivity contribution is 0.0949. The van der Waals surface area contributed by atoms with Crippen molar-refractivity contribution in [3.05, 3.63) is 76.3 Å². The number of hydrazone groups is 1. The van der Waals surface area contributed by atoms with Crippen molar-refractivity contribution in [3.63, 3.8) is 0 Å². The zero-order valence-electron chi connectivity index (χ0n) is 16.7. The quantitative estimate of drug-likeness (QED) is 0.442. The molecule has 2 N–H and O–H groups in total. The average Bonchev–Trinajstić information content (AvgIpc) is 2.76. The Morgan fingerprint density at radius 1 is 1.10 bits per heavy atom. The van der Waals surface area contributed by atoms with Crippen LogP contribution in [0.25, 0.3) is 11.3 Å². The second-order valence-electron chi connectivity index (χ2n) is 6.12. The Morgan fingerprint density at radius 3 is 2.60 bits per heavy atom. The Hall–Kier alpha value is -3.94. The fourth-order valence-corrected chi connectivity index (χ4v) is 2.72. The highest BCUT2D eigenvalue weighted by Crippen LogP contribution is 2.24. The van der Waals surface area contributed by atoms with E-state index < -0.39 is 11.6 Å². The number of nitrogens with one attached hydrogen (secondary N) is 2. The van der Waals surface area contributed by atoms with Crippen LogP contribution in [0.3, 0.4) is 0 Å². The van der Waals surface area contributed by atoms with Crippen LogP contribution < -0.4 is 20.6 Å². The second kappa shape index (κ2) is 10.0. The number of aromatic amines is 1. The molecule has 2 aromatic carbocycles. The van der Waals surface area contributed by atoms with Gasteiger partial charge >= 0.3 is 5.69 Å². The molecule has 0 fully saturated rings. The van der Waals surface area contributed by atoms with Crippen molar-refractivity contribution >= 4 is 12.1 Å². The Kier molecular flexibility index (Phi) is 6.94. The Morgan fingerprint density at radius 2 is 1.87 bits per heavy atom. The Bertz CT molecular complexity index is 1090. The first-order chi connectivity index (χ1) is 14.6.